The maximum absolute atomic E-state index is 12.5. The molecular formula is C22H23ClN2O2. The Bertz CT molecular complexity index is 916. The summed E-state index contributed by atoms with van der Waals surface area (Å²) in [4.78, 5) is 12.5. The van der Waals surface area contributed by atoms with E-state index in [1.807, 2.05) is 25.1 Å². The van der Waals surface area contributed by atoms with Gasteiger partial charge in [0.05, 0.1) is 0 Å². The Kier molecular flexibility index (Phi) is 5.74. The van der Waals surface area contributed by atoms with Crippen molar-refractivity contribution in [3.8, 4) is 11.8 Å². The summed E-state index contributed by atoms with van der Waals surface area (Å²) in [5.74, 6) is 5.80. The number of hydrogen-bond donors (Lipinski definition) is 3. The lowest BCUT2D eigenvalue weighted by atomic mass is 9.82. The minimum atomic E-state index is -1.12. The van der Waals surface area contributed by atoms with Crippen molar-refractivity contribution in [1.82, 2.24) is 5.32 Å². The van der Waals surface area contributed by atoms with Crippen molar-refractivity contribution >= 4 is 23.2 Å². The van der Waals surface area contributed by atoms with Crippen molar-refractivity contribution in [2.45, 2.75) is 44.2 Å². The van der Waals surface area contributed by atoms with Crippen LogP contribution in [0.3, 0.4) is 0 Å². The highest BCUT2D eigenvalue weighted by Crippen LogP contribution is 2.28. The van der Waals surface area contributed by atoms with Gasteiger partial charge < -0.3 is 16.2 Å². The van der Waals surface area contributed by atoms with Gasteiger partial charge in [-0.15, -0.1) is 0 Å². The topological polar surface area (TPSA) is 75.3 Å². The Morgan fingerprint density at radius 3 is 2.89 bits per heavy atom. The number of carbonyl (C=O) groups is 1. The SMILES string of the molecule is Cc1ccc(C(=O)N[C@H]2CCCC(O)(C#Cc3cccc(Cl)c3)C2)cc1N. The Morgan fingerprint density at radius 2 is 2.15 bits per heavy atom. The first-order chi connectivity index (χ1) is 12.8. The van der Waals surface area contributed by atoms with Gasteiger partial charge in [-0.05, 0) is 62.1 Å². The third-order valence-electron chi connectivity index (χ3n) is 4.87. The quantitative estimate of drug-likeness (QED) is 0.547. The van der Waals surface area contributed by atoms with Crippen LogP contribution in [0.15, 0.2) is 42.5 Å². The highest BCUT2D eigenvalue weighted by molar-refractivity contribution is 6.30. The summed E-state index contributed by atoms with van der Waals surface area (Å²) in [6.07, 6.45) is 2.59. The predicted molar refractivity (Wildman–Crippen MR) is 109 cm³/mol. The molecular weight excluding hydrogens is 360 g/mol. The van der Waals surface area contributed by atoms with E-state index in [1.54, 1.807) is 24.3 Å². The van der Waals surface area contributed by atoms with Crippen molar-refractivity contribution in [3.63, 3.8) is 0 Å². The molecule has 1 aliphatic rings. The molecule has 5 heteroatoms. The average molecular weight is 383 g/mol. The van der Waals surface area contributed by atoms with Crippen molar-refractivity contribution in [2.24, 2.45) is 0 Å². The second kappa shape index (κ2) is 8.04. The Labute approximate surface area is 164 Å². The minimum Gasteiger partial charge on any atom is -0.398 e. The van der Waals surface area contributed by atoms with Gasteiger partial charge in [0.25, 0.3) is 5.91 Å². The van der Waals surface area contributed by atoms with Crippen LogP contribution < -0.4 is 11.1 Å². The molecule has 0 spiro atoms. The zero-order valence-electron chi connectivity index (χ0n) is 15.3. The van der Waals surface area contributed by atoms with E-state index in [0.29, 0.717) is 29.1 Å². The summed E-state index contributed by atoms with van der Waals surface area (Å²) in [5.41, 5.74) is 7.59. The molecule has 0 saturated heterocycles. The molecule has 1 unspecified atom stereocenters. The number of nitrogen functional groups attached to an aromatic ring is 1. The number of hydrogen-bond acceptors (Lipinski definition) is 3. The fourth-order valence-corrected chi connectivity index (χ4v) is 3.48. The fourth-order valence-electron chi connectivity index (χ4n) is 3.29. The molecule has 4 N–H and O–H groups in total. The predicted octanol–water partition coefficient (Wildman–Crippen LogP) is 3.69. The number of halogens is 1. The molecule has 140 valence electrons. The molecule has 1 saturated carbocycles. The van der Waals surface area contributed by atoms with E-state index in [-0.39, 0.29) is 11.9 Å². The molecule has 4 nitrogen and oxygen atoms in total. The highest BCUT2D eigenvalue weighted by Gasteiger charge is 2.33. The Morgan fingerprint density at radius 1 is 1.33 bits per heavy atom. The van der Waals surface area contributed by atoms with Crippen LogP contribution in [0, 0.1) is 18.8 Å². The van der Waals surface area contributed by atoms with Crippen molar-refractivity contribution in [2.75, 3.05) is 5.73 Å². The van der Waals surface area contributed by atoms with Crippen LogP contribution in [0.4, 0.5) is 5.69 Å². The number of nitrogens with two attached hydrogens (primary N) is 1. The standard InChI is InChI=1S/C22H23ClN2O2/c1-15-7-8-17(13-20(15)24)21(26)25-19-6-3-10-22(27,14-19)11-9-16-4-2-5-18(23)12-16/h2,4-5,7-8,12-13,19,27H,3,6,10,14,24H2,1H3,(H,25,26)/t19-,22?/m0/s1. The second-order valence-corrected chi connectivity index (χ2v) is 7.57. The lowest BCUT2D eigenvalue weighted by molar-refractivity contribution is 0.0452. The van der Waals surface area contributed by atoms with Gasteiger partial charge in [0.15, 0.2) is 0 Å². The number of aliphatic hydroxyl groups is 1. The molecule has 3 rings (SSSR count). The van der Waals surface area contributed by atoms with Gasteiger partial charge in [-0.2, -0.15) is 0 Å². The number of benzene rings is 2. The van der Waals surface area contributed by atoms with Crippen LogP contribution in [0.1, 0.15) is 47.2 Å². The van der Waals surface area contributed by atoms with Gasteiger partial charge in [-0.3, -0.25) is 4.79 Å². The number of anilines is 1. The third-order valence-corrected chi connectivity index (χ3v) is 5.10. The van der Waals surface area contributed by atoms with Gasteiger partial charge in [0.1, 0.15) is 5.60 Å². The van der Waals surface area contributed by atoms with E-state index < -0.39 is 5.60 Å². The summed E-state index contributed by atoms with van der Waals surface area (Å²) < 4.78 is 0. The first-order valence-electron chi connectivity index (χ1n) is 9.03. The summed E-state index contributed by atoms with van der Waals surface area (Å²) in [6.45, 7) is 1.90. The van der Waals surface area contributed by atoms with E-state index in [9.17, 15) is 9.90 Å². The van der Waals surface area contributed by atoms with Crippen LogP contribution >= 0.6 is 11.6 Å². The first-order valence-corrected chi connectivity index (χ1v) is 9.41. The zero-order chi connectivity index (χ0) is 19.4. The largest absolute Gasteiger partial charge is 0.398 e. The summed E-state index contributed by atoms with van der Waals surface area (Å²) in [6, 6.07) is 12.4. The lowest BCUT2D eigenvalue weighted by Crippen LogP contribution is -2.45. The number of rotatable bonds is 2. The Hall–Kier alpha value is -2.48. The monoisotopic (exact) mass is 382 g/mol. The molecule has 0 bridgehead atoms. The highest BCUT2D eigenvalue weighted by atomic mass is 35.5. The van der Waals surface area contributed by atoms with Crippen LogP contribution in [0.5, 0.6) is 0 Å². The van der Waals surface area contributed by atoms with Gasteiger partial charge in [0.2, 0.25) is 0 Å². The molecule has 0 aromatic heterocycles. The van der Waals surface area contributed by atoms with E-state index in [4.69, 9.17) is 17.3 Å². The molecule has 1 aliphatic carbocycles. The maximum atomic E-state index is 12.5. The Balaban J connectivity index is 1.68. The zero-order valence-corrected chi connectivity index (χ0v) is 16.0. The first kappa shape index (κ1) is 19.3. The van der Waals surface area contributed by atoms with Gasteiger partial charge in [-0.25, -0.2) is 0 Å². The summed E-state index contributed by atoms with van der Waals surface area (Å²) in [7, 11) is 0. The van der Waals surface area contributed by atoms with Gasteiger partial charge >= 0.3 is 0 Å². The van der Waals surface area contributed by atoms with Crippen LogP contribution in [0.25, 0.3) is 0 Å². The van der Waals surface area contributed by atoms with Crippen LogP contribution in [0.2, 0.25) is 5.02 Å². The molecule has 1 amide bonds. The molecule has 2 atom stereocenters. The lowest BCUT2D eigenvalue weighted by Gasteiger charge is -2.33. The van der Waals surface area contributed by atoms with Crippen LogP contribution in [-0.4, -0.2) is 22.7 Å². The number of aryl methyl sites for hydroxylation is 1. The van der Waals surface area contributed by atoms with E-state index in [2.05, 4.69) is 17.2 Å². The minimum absolute atomic E-state index is 0.132. The smallest absolute Gasteiger partial charge is 0.251 e. The molecule has 0 radical (unpaired) electrons. The number of nitrogens with one attached hydrogen (secondary N) is 1. The molecule has 1 fully saturated rings. The molecule has 0 aliphatic heterocycles. The van der Waals surface area contributed by atoms with Crippen LogP contribution in [-0.2, 0) is 0 Å². The average Bonchev–Trinajstić information content (AvgIpc) is 2.62. The van der Waals surface area contributed by atoms with E-state index >= 15 is 0 Å². The fraction of sp³-hybridized carbons (Fsp3) is 0.318. The molecule has 27 heavy (non-hydrogen) atoms. The van der Waals surface area contributed by atoms with Gasteiger partial charge in [0, 0.05) is 34.3 Å². The van der Waals surface area contributed by atoms with E-state index in [0.717, 1.165) is 24.0 Å². The summed E-state index contributed by atoms with van der Waals surface area (Å²) in [5, 5.41) is 14.5. The molecule has 0 heterocycles. The maximum Gasteiger partial charge on any atom is 0.251 e. The van der Waals surface area contributed by atoms with Crippen molar-refractivity contribution in [3.05, 3.63) is 64.2 Å². The van der Waals surface area contributed by atoms with Crippen molar-refractivity contribution < 1.29 is 9.90 Å². The normalized spacial score (nSPS) is 21.8. The number of carbonyl (C=O) groups excluding carboxylic acids is 1. The van der Waals surface area contributed by atoms with Crippen molar-refractivity contribution in [1.29, 1.82) is 0 Å². The summed E-state index contributed by atoms with van der Waals surface area (Å²) >= 11 is 5.97. The molecule has 2 aromatic rings. The third kappa shape index (κ3) is 5.03. The van der Waals surface area contributed by atoms with Gasteiger partial charge in [-0.1, -0.05) is 35.6 Å². The number of amides is 1. The molecule has 2 aromatic carbocycles. The van der Waals surface area contributed by atoms with E-state index in [1.165, 1.54) is 0 Å². The second-order valence-electron chi connectivity index (χ2n) is 7.13.